The molecule has 0 fully saturated rings. The van der Waals surface area contributed by atoms with Crippen molar-refractivity contribution in [2.24, 2.45) is 0 Å². The van der Waals surface area contributed by atoms with Gasteiger partial charge in [0.15, 0.2) is 6.23 Å². The van der Waals surface area contributed by atoms with Crippen LogP contribution in [0.5, 0.6) is 0 Å². The van der Waals surface area contributed by atoms with Gasteiger partial charge < -0.3 is 28.7 Å². The van der Waals surface area contributed by atoms with E-state index in [1.165, 1.54) is 26.5 Å². The van der Waals surface area contributed by atoms with E-state index in [0.717, 1.165) is 16.5 Å². The number of aliphatic hydroxyl groups is 2. The van der Waals surface area contributed by atoms with Crippen LogP contribution in [-0.4, -0.2) is 66.5 Å². The van der Waals surface area contributed by atoms with E-state index in [1.807, 2.05) is 4.98 Å². The average Bonchev–Trinajstić information content (AvgIpc) is 2.64. The van der Waals surface area contributed by atoms with Gasteiger partial charge in [-0.05, 0) is 6.08 Å². The van der Waals surface area contributed by atoms with Gasteiger partial charge in [-0.25, -0.2) is 4.79 Å². The molecule has 12 heteroatoms. The first kappa shape index (κ1) is 22.5. The highest BCUT2D eigenvalue weighted by Gasteiger charge is 2.21. The molecule has 148 valence electrons. The molecular weight excluding hydrogens is 371 g/mol. The lowest BCUT2D eigenvalue weighted by Crippen LogP contribution is -2.36. The van der Waals surface area contributed by atoms with E-state index >= 15 is 0 Å². The summed E-state index contributed by atoms with van der Waals surface area (Å²) in [6.07, 6.45) is 0.504. The van der Waals surface area contributed by atoms with E-state index in [-0.39, 0.29) is 19.8 Å². The van der Waals surface area contributed by atoms with Gasteiger partial charge in [0.05, 0.1) is 26.4 Å². The lowest BCUT2D eigenvalue weighted by atomic mass is 10.3. The van der Waals surface area contributed by atoms with Crippen LogP contribution in [0.1, 0.15) is 6.23 Å². The van der Waals surface area contributed by atoms with Crippen molar-refractivity contribution in [2.45, 2.75) is 12.3 Å². The molecule has 0 unspecified atom stereocenters. The molecule has 0 radical (unpaired) electrons. The molecule has 1 aromatic heterocycles. The normalized spacial score (nSPS) is 14.6. The third kappa shape index (κ3) is 6.96. The van der Waals surface area contributed by atoms with Crippen LogP contribution in [0.25, 0.3) is 0 Å². The van der Waals surface area contributed by atoms with Gasteiger partial charge in [0.25, 0.3) is 5.56 Å². The SMILES string of the molecule is COP(=O)(/C=C/[C@H](COCCO)O[C@H](CO)n1ccc(=O)[nH]c1=O)OC. The molecule has 11 nitrogen and oxygen atoms in total. The molecule has 26 heavy (non-hydrogen) atoms. The molecule has 0 amide bonds. The average molecular weight is 394 g/mol. The fourth-order valence-electron chi connectivity index (χ4n) is 1.85. The predicted molar refractivity (Wildman–Crippen MR) is 91.0 cm³/mol. The van der Waals surface area contributed by atoms with E-state index < -0.39 is 37.8 Å². The van der Waals surface area contributed by atoms with Gasteiger partial charge in [0, 0.05) is 32.3 Å². The molecule has 1 aromatic rings. The van der Waals surface area contributed by atoms with Crippen molar-refractivity contribution in [1.29, 1.82) is 0 Å². The minimum Gasteiger partial charge on any atom is -0.394 e. The number of ether oxygens (including phenoxy) is 2. The Morgan fingerprint density at radius 3 is 2.54 bits per heavy atom. The maximum Gasteiger partial charge on any atom is 0.353 e. The van der Waals surface area contributed by atoms with E-state index in [1.54, 1.807) is 0 Å². The number of nitrogens with one attached hydrogen (secondary N) is 1. The molecule has 1 rings (SSSR count). The first-order valence-corrected chi connectivity index (χ1v) is 9.17. The monoisotopic (exact) mass is 394 g/mol. The lowest BCUT2D eigenvalue weighted by molar-refractivity contribution is -0.0914. The molecule has 0 saturated carbocycles. The summed E-state index contributed by atoms with van der Waals surface area (Å²) in [5.41, 5.74) is -1.36. The van der Waals surface area contributed by atoms with Gasteiger partial charge in [-0.1, -0.05) is 0 Å². The Morgan fingerprint density at radius 2 is 2.00 bits per heavy atom. The molecule has 0 aromatic carbocycles. The lowest BCUT2D eigenvalue weighted by Gasteiger charge is -2.23. The fourth-order valence-corrected chi connectivity index (χ4v) is 2.65. The van der Waals surface area contributed by atoms with E-state index in [2.05, 4.69) is 0 Å². The number of aromatic amines is 1. The Bertz CT molecular complexity index is 722. The van der Waals surface area contributed by atoms with Crippen LogP contribution >= 0.6 is 7.60 Å². The van der Waals surface area contributed by atoms with Crippen LogP contribution in [0.2, 0.25) is 0 Å². The number of hydrogen-bond donors (Lipinski definition) is 3. The molecular formula is C14H23N2O9P. The Morgan fingerprint density at radius 1 is 1.31 bits per heavy atom. The van der Waals surface area contributed by atoms with Crippen LogP contribution in [0.3, 0.4) is 0 Å². The van der Waals surface area contributed by atoms with Gasteiger partial charge >= 0.3 is 13.3 Å². The van der Waals surface area contributed by atoms with Crippen molar-refractivity contribution >= 4 is 7.60 Å². The Balaban J connectivity index is 3.01. The summed E-state index contributed by atoms with van der Waals surface area (Å²) in [6.45, 7) is -0.836. The topological polar surface area (TPSA) is 149 Å². The zero-order valence-corrected chi connectivity index (χ0v) is 15.3. The van der Waals surface area contributed by atoms with E-state index in [0.29, 0.717) is 0 Å². The minimum absolute atomic E-state index is 0.0301. The predicted octanol–water partition coefficient (Wildman–Crippen LogP) is -0.579. The molecule has 1 heterocycles. The van der Waals surface area contributed by atoms with Crippen molar-refractivity contribution in [1.82, 2.24) is 9.55 Å². The second-order valence-electron chi connectivity index (χ2n) is 4.87. The van der Waals surface area contributed by atoms with Crippen molar-refractivity contribution in [3.63, 3.8) is 0 Å². The molecule has 0 bridgehead atoms. The number of hydrogen-bond acceptors (Lipinski definition) is 9. The number of rotatable bonds is 12. The van der Waals surface area contributed by atoms with Crippen LogP contribution in [0.4, 0.5) is 0 Å². The zero-order valence-electron chi connectivity index (χ0n) is 14.4. The quantitative estimate of drug-likeness (QED) is 0.313. The third-order valence-electron chi connectivity index (χ3n) is 3.16. The zero-order chi connectivity index (χ0) is 19.6. The van der Waals surface area contributed by atoms with Crippen LogP contribution in [-0.2, 0) is 23.1 Å². The fraction of sp³-hybridized carbons (Fsp3) is 0.571. The highest BCUT2D eigenvalue weighted by atomic mass is 31.2. The summed E-state index contributed by atoms with van der Waals surface area (Å²) < 4.78 is 33.4. The van der Waals surface area contributed by atoms with Crippen LogP contribution in [0, 0.1) is 0 Å². The van der Waals surface area contributed by atoms with Crippen molar-refractivity contribution in [2.75, 3.05) is 40.6 Å². The number of aliphatic hydroxyl groups excluding tert-OH is 2. The number of H-pyrrole nitrogens is 1. The van der Waals surface area contributed by atoms with E-state index in [9.17, 15) is 19.3 Å². The molecule has 0 spiro atoms. The highest BCUT2D eigenvalue weighted by Crippen LogP contribution is 2.48. The van der Waals surface area contributed by atoms with Crippen LogP contribution < -0.4 is 11.2 Å². The summed E-state index contributed by atoms with van der Waals surface area (Å²) in [4.78, 5) is 25.0. The third-order valence-corrected chi connectivity index (χ3v) is 4.71. The molecule has 0 aliphatic carbocycles. The van der Waals surface area contributed by atoms with Crippen molar-refractivity contribution in [3.8, 4) is 0 Å². The Hall–Kier alpha value is -1.59. The highest BCUT2D eigenvalue weighted by molar-refractivity contribution is 7.57. The standard InChI is InChI=1S/C14H23N2O9P/c1-22-26(21,23-2)8-4-11(10-24-7-6-17)25-13(9-18)16-5-3-12(19)15-14(16)20/h3-5,8,11,13,17-18H,6-7,9-10H2,1-2H3,(H,15,19,20)/b8-4+/t11-,13-/m1/s1. The molecule has 3 N–H and O–H groups in total. The Labute approximate surface area is 149 Å². The molecule has 2 atom stereocenters. The minimum atomic E-state index is -3.46. The maximum absolute atomic E-state index is 12.1. The maximum atomic E-state index is 12.1. The van der Waals surface area contributed by atoms with Gasteiger partial charge in [-0.3, -0.25) is 18.9 Å². The van der Waals surface area contributed by atoms with Crippen LogP contribution in [0.15, 0.2) is 33.7 Å². The summed E-state index contributed by atoms with van der Waals surface area (Å²) in [6, 6.07) is 1.10. The largest absolute Gasteiger partial charge is 0.394 e. The number of aromatic nitrogens is 2. The second kappa shape index (κ2) is 11.2. The summed E-state index contributed by atoms with van der Waals surface area (Å²) in [5.74, 6) is 1.16. The number of nitrogens with zero attached hydrogens (tertiary/aromatic N) is 1. The van der Waals surface area contributed by atoms with Gasteiger partial charge in [-0.15, -0.1) is 0 Å². The van der Waals surface area contributed by atoms with Gasteiger partial charge in [0.1, 0.15) is 6.10 Å². The molecule has 0 aliphatic heterocycles. The van der Waals surface area contributed by atoms with Gasteiger partial charge in [-0.2, -0.15) is 0 Å². The summed E-state index contributed by atoms with van der Waals surface area (Å²) in [7, 11) is -1.04. The Kier molecular flexibility index (Phi) is 9.66. The summed E-state index contributed by atoms with van der Waals surface area (Å²) >= 11 is 0. The molecule has 0 saturated heterocycles. The van der Waals surface area contributed by atoms with E-state index in [4.69, 9.17) is 23.6 Å². The summed E-state index contributed by atoms with van der Waals surface area (Å²) in [5, 5.41) is 18.3. The van der Waals surface area contributed by atoms with Crippen molar-refractivity contribution < 1.29 is 33.3 Å². The smallest absolute Gasteiger partial charge is 0.353 e. The molecule has 0 aliphatic rings. The second-order valence-corrected chi connectivity index (χ2v) is 6.98. The first-order valence-electron chi connectivity index (χ1n) is 7.56. The first-order chi connectivity index (χ1) is 12.4. The van der Waals surface area contributed by atoms with Crippen molar-refractivity contribution in [3.05, 3.63) is 45.0 Å². The van der Waals surface area contributed by atoms with Gasteiger partial charge in [0.2, 0.25) is 0 Å².